The van der Waals surface area contributed by atoms with E-state index in [1.165, 1.54) is 23.9 Å². The van der Waals surface area contributed by atoms with Crippen molar-refractivity contribution in [2.24, 2.45) is 0 Å². The van der Waals surface area contributed by atoms with E-state index in [9.17, 15) is 18.0 Å². The predicted octanol–water partition coefficient (Wildman–Crippen LogP) is 5.18. The summed E-state index contributed by atoms with van der Waals surface area (Å²) in [6.07, 6.45) is 1.68. The Morgan fingerprint density at radius 3 is 2.27 bits per heavy atom. The zero-order valence-electron chi connectivity index (χ0n) is 24.5. The normalized spacial score (nSPS) is 16.0. The second-order valence-corrected chi connectivity index (χ2v) is 12.8. The van der Waals surface area contributed by atoms with Gasteiger partial charge in [0, 0.05) is 71.8 Å². The number of ketones is 1. The van der Waals surface area contributed by atoms with Crippen molar-refractivity contribution >= 4 is 50.0 Å². The Bertz CT molecular complexity index is 1860. The van der Waals surface area contributed by atoms with Gasteiger partial charge in [0.05, 0.1) is 10.5 Å². The summed E-state index contributed by atoms with van der Waals surface area (Å²) in [6, 6.07) is 26.1. The highest BCUT2D eigenvalue weighted by molar-refractivity contribution is 7.92. The van der Waals surface area contributed by atoms with Crippen LogP contribution in [0.5, 0.6) is 0 Å². The molecule has 0 spiro atoms. The number of piperazine rings is 1. The Kier molecular flexibility index (Phi) is 7.94. The molecule has 0 radical (unpaired) electrons. The van der Waals surface area contributed by atoms with E-state index in [1.807, 2.05) is 19.1 Å². The van der Waals surface area contributed by atoms with Gasteiger partial charge in [-0.1, -0.05) is 42.0 Å². The van der Waals surface area contributed by atoms with E-state index in [0.29, 0.717) is 28.0 Å². The van der Waals surface area contributed by atoms with Gasteiger partial charge in [-0.2, -0.15) is 0 Å². The molecule has 224 valence electrons. The highest BCUT2D eigenvalue weighted by atomic mass is 32.2. The number of benzene rings is 4. The molecule has 2 aliphatic rings. The summed E-state index contributed by atoms with van der Waals surface area (Å²) in [7, 11) is -1.68. The summed E-state index contributed by atoms with van der Waals surface area (Å²) in [4.78, 5) is 31.0. The van der Waals surface area contributed by atoms with Crippen molar-refractivity contribution in [2.75, 3.05) is 53.5 Å². The number of carbonyl (C=O) groups is 2. The average Bonchev–Trinajstić information content (AvgIpc) is 3.34. The monoisotopic (exact) mass is 607 g/mol. The Hall–Kier alpha value is -4.93. The second-order valence-electron chi connectivity index (χ2n) is 11.1. The molecule has 1 saturated heterocycles. The lowest BCUT2D eigenvalue weighted by atomic mass is 9.99. The molecular formula is C34H33N5O4S. The van der Waals surface area contributed by atoms with Crippen LogP contribution in [0, 0.1) is 6.92 Å². The van der Waals surface area contributed by atoms with Crippen molar-refractivity contribution in [1.82, 2.24) is 4.90 Å². The number of anilines is 4. The summed E-state index contributed by atoms with van der Waals surface area (Å²) in [5.74, 6) is -0.562. The summed E-state index contributed by atoms with van der Waals surface area (Å²) >= 11 is 0. The summed E-state index contributed by atoms with van der Waals surface area (Å²) in [5, 5.41) is 6.07. The van der Waals surface area contributed by atoms with Gasteiger partial charge in [0.2, 0.25) is 0 Å². The number of sulfonamides is 1. The maximum atomic E-state index is 13.4. The molecule has 4 aromatic carbocycles. The molecule has 0 unspecified atom stereocenters. The van der Waals surface area contributed by atoms with E-state index in [2.05, 4.69) is 44.3 Å². The van der Waals surface area contributed by atoms with Gasteiger partial charge in [-0.05, 0) is 68.6 Å². The van der Waals surface area contributed by atoms with Crippen LogP contribution < -0.4 is 20.3 Å². The summed E-state index contributed by atoms with van der Waals surface area (Å²) in [5.41, 5.74) is 5.64. The SMILES string of the molecule is Cc1ccc(S(=O)(=O)Nc2cccc(C(=O)c3ccc4c(c3)NC(=O)C4=CNc3ccc(N4CCN(C)CC4)cc3)c2)cc1. The average molecular weight is 608 g/mol. The van der Waals surface area contributed by atoms with Gasteiger partial charge in [0.25, 0.3) is 15.9 Å². The molecule has 6 rings (SSSR count). The molecule has 9 nitrogen and oxygen atoms in total. The van der Waals surface area contributed by atoms with Crippen molar-refractivity contribution < 1.29 is 18.0 Å². The molecule has 0 bridgehead atoms. The van der Waals surface area contributed by atoms with Crippen LogP contribution in [0.15, 0.2) is 102 Å². The highest BCUT2D eigenvalue weighted by Gasteiger charge is 2.26. The third-order valence-corrected chi connectivity index (χ3v) is 9.29. The number of likely N-dealkylation sites (N-methyl/N-ethyl adjacent to an activating group) is 1. The molecule has 2 aliphatic heterocycles. The van der Waals surface area contributed by atoms with Crippen molar-refractivity contribution in [3.05, 3.63) is 119 Å². The van der Waals surface area contributed by atoms with Crippen LogP contribution in [0.1, 0.15) is 27.0 Å². The third-order valence-electron chi connectivity index (χ3n) is 7.89. The third kappa shape index (κ3) is 6.22. The fourth-order valence-corrected chi connectivity index (χ4v) is 6.34. The van der Waals surface area contributed by atoms with E-state index in [0.717, 1.165) is 37.4 Å². The fraction of sp³-hybridized carbons (Fsp3) is 0.176. The molecule has 1 fully saturated rings. The second kappa shape index (κ2) is 12.0. The van der Waals surface area contributed by atoms with Crippen LogP contribution in [0.2, 0.25) is 0 Å². The van der Waals surface area contributed by atoms with E-state index in [4.69, 9.17) is 0 Å². The minimum absolute atomic E-state index is 0.134. The molecule has 1 amide bonds. The van der Waals surface area contributed by atoms with Gasteiger partial charge in [0.15, 0.2) is 5.78 Å². The molecule has 3 N–H and O–H groups in total. The van der Waals surface area contributed by atoms with Crippen LogP contribution in [-0.2, 0) is 14.8 Å². The molecule has 0 aromatic heterocycles. The first-order chi connectivity index (χ1) is 21.2. The first-order valence-electron chi connectivity index (χ1n) is 14.4. The van der Waals surface area contributed by atoms with Crippen molar-refractivity contribution in [3.8, 4) is 0 Å². The number of fused-ring (bicyclic) bond motifs is 1. The number of hydrogen-bond acceptors (Lipinski definition) is 7. The van der Waals surface area contributed by atoms with E-state index >= 15 is 0 Å². The zero-order valence-corrected chi connectivity index (χ0v) is 25.3. The van der Waals surface area contributed by atoms with Gasteiger partial charge in [-0.25, -0.2) is 8.42 Å². The number of amides is 1. The number of nitrogens with one attached hydrogen (secondary N) is 3. The Labute approximate surface area is 257 Å². The fourth-order valence-electron chi connectivity index (χ4n) is 5.29. The highest BCUT2D eigenvalue weighted by Crippen LogP contribution is 2.33. The molecule has 0 aliphatic carbocycles. The number of nitrogens with zero attached hydrogens (tertiary/aromatic N) is 2. The lowest BCUT2D eigenvalue weighted by molar-refractivity contribution is -0.110. The Morgan fingerprint density at radius 2 is 1.55 bits per heavy atom. The Balaban J connectivity index is 1.15. The van der Waals surface area contributed by atoms with Gasteiger partial charge in [-0.15, -0.1) is 0 Å². The quantitative estimate of drug-likeness (QED) is 0.187. The van der Waals surface area contributed by atoms with Crippen molar-refractivity contribution in [1.29, 1.82) is 0 Å². The maximum Gasteiger partial charge on any atom is 0.261 e. The van der Waals surface area contributed by atoms with Crippen molar-refractivity contribution in [3.63, 3.8) is 0 Å². The standard InChI is InChI=1S/C34H33N5O4S/c1-23-6-13-29(14-7-23)44(42,43)37-27-5-3-4-24(20-27)33(40)25-8-15-30-31(34(41)36-32(30)21-25)22-35-26-9-11-28(12-10-26)39-18-16-38(2)17-19-39/h3-15,20-22,35,37H,16-19H2,1-2H3,(H,36,41). The first kappa shape index (κ1) is 29.2. The number of rotatable bonds is 8. The minimum Gasteiger partial charge on any atom is -0.369 e. The largest absolute Gasteiger partial charge is 0.369 e. The summed E-state index contributed by atoms with van der Waals surface area (Å²) in [6.45, 7) is 5.94. The van der Waals surface area contributed by atoms with Gasteiger partial charge in [-0.3, -0.25) is 14.3 Å². The lowest BCUT2D eigenvalue weighted by Crippen LogP contribution is -2.44. The summed E-state index contributed by atoms with van der Waals surface area (Å²) < 4.78 is 28.2. The lowest BCUT2D eigenvalue weighted by Gasteiger charge is -2.34. The van der Waals surface area contributed by atoms with Crippen LogP contribution in [0.3, 0.4) is 0 Å². The van der Waals surface area contributed by atoms with E-state index in [1.54, 1.807) is 54.7 Å². The van der Waals surface area contributed by atoms with Crippen LogP contribution in [-0.4, -0.2) is 58.2 Å². The maximum absolute atomic E-state index is 13.4. The number of carbonyl (C=O) groups excluding carboxylic acids is 2. The number of aryl methyl sites for hydroxylation is 1. The van der Waals surface area contributed by atoms with Crippen LogP contribution in [0.25, 0.3) is 5.57 Å². The molecule has 0 atom stereocenters. The van der Waals surface area contributed by atoms with Gasteiger partial charge < -0.3 is 20.4 Å². The smallest absolute Gasteiger partial charge is 0.261 e. The zero-order chi connectivity index (χ0) is 30.8. The van der Waals surface area contributed by atoms with E-state index < -0.39 is 10.0 Å². The molecule has 4 aromatic rings. The predicted molar refractivity (Wildman–Crippen MR) is 175 cm³/mol. The van der Waals surface area contributed by atoms with Crippen LogP contribution >= 0.6 is 0 Å². The molecule has 10 heteroatoms. The van der Waals surface area contributed by atoms with E-state index in [-0.39, 0.29) is 22.3 Å². The topological polar surface area (TPSA) is 111 Å². The first-order valence-corrected chi connectivity index (χ1v) is 15.8. The van der Waals surface area contributed by atoms with Gasteiger partial charge in [0.1, 0.15) is 0 Å². The minimum atomic E-state index is -3.82. The molecular weight excluding hydrogens is 574 g/mol. The Morgan fingerprint density at radius 1 is 0.841 bits per heavy atom. The molecule has 2 heterocycles. The molecule has 44 heavy (non-hydrogen) atoms. The van der Waals surface area contributed by atoms with Gasteiger partial charge >= 0.3 is 0 Å². The molecule has 0 saturated carbocycles. The van der Waals surface area contributed by atoms with Crippen LogP contribution in [0.4, 0.5) is 22.7 Å². The number of hydrogen-bond donors (Lipinski definition) is 3. The van der Waals surface area contributed by atoms with Crippen molar-refractivity contribution in [2.45, 2.75) is 11.8 Å².